The number of hydrogen-bond acceptors (Lipinski definition) is 2. The molecule has 0 aromatic heterocycles. The van der Waals surface area contributed by atoms with Gasteiger partial charge in [-0.2, -0.15) is 0 Å². The first-order valence-corrected chi connectivity index (χ1v) is 7.38. The van der Waals surface area contributed by atoms with Crippen LogP contribution in [0.4, 0.5) is 0 Å². The summed E-state index contributed by atoms with van der Waals surface area (Å²) in [6.07, 6.45) is 3.18. The van der Waals surface area contributed by atoms with E-state index in [-0.39, 0.29) is 11.4 Å². The van der Waals surface area contributed by atoms with Crippen LogP contribution < -0.4 is 0 Å². The van der Waals surface area contributed by atoms with E-state index in [4.69, 9.17) is 4.74 Å². The Morgan fingerprint density at radius 3 is 2.06 bits per heavy atom. The van der Waals surface area contributed by atoms with Gasteiger partial charge in [-0.05, 0) is 44.4 Å². The predicted octanol–water partition coefficient (Wildman–Crippen LogP) is 4.67. The lowest BCUT2D eigenvalue weighted by molar-refractivity contribution is -0.156. The van der Waals surface area contributed by atoms with E-state index in [1.54, 1.807) is 0 Å². The van der Waals surface area contributed by atoms with Crippen LogP contribution >= 0.6 is 0 Å². The molecule has 0 aliphatic rings. The lowest BCUT2D eigenvalue weighted by Gasteiger charge is -2.25. The Hall–Kier alpha value is -0.530. The zero-order valence-corrected chi connectivity index (χ0v) is 13.4. The van der Waals surface area contributed by atoms with Gasteiger partial charge in [0.05, 0.1) is 12.0 Å². The minimum Gasteiger partial charge on any atom is -0.465 e. The Labute approximate surface area is 113 Å². The monoisotopic (exact) mass is 256 g/mol. The van der Waals surface area contributed by atoms with Gasteiger partial charge < -0.3 is 4.74 Å². The molecule has 0 saturated heterocycles. The molecule has 0 aromatic carbocycles. The van der Waals surface area contributed by atoms with Gasteiger partial charge in [0, 0.05) is 0 Å². The second kappa shape index (κ2) is 7.81. The maximum atomic E-state index is 11.9. The summed E-state index contributed by atoms with van der Waals surface area (Å²) < 4.78 is 5.51. The van der Waals surface area contributed by atoms with Crippen molar-refractivity contribution in [2.75, 3.05) is 6.61 Å². The molecule has 2 nitrogen and oxygen atoms in total. The Morgan fingerprint density at radius 2 is 1.67 bits per heavy atom. The fraction of sp³-hybridized carbons (Fsp3) is 0.938. The maximum absolute atomic E-state index is 11.9. The van der Waals surface area contributed by atoms with Crippen molar-refractivity contribution < 1.29 is 9.53 Å². The van der Waals surface area contributed by atoms with Crippen LogP contribution in [0.25, 0.3) is 0 Å². The van der Waals surface area contributed by atoms with Crippen molar-refractivity contribution >= 4 is 5.97 Å². The lowest BCUT2D eigenvalue weighted by Crippen LogP contribution is -2.29. The molecule has 2 heteroatoms. The molecule has 108 valence electrons. The van der Waals surface area contributed by atoms with Gasteiger partial charge in [-0.15, -0.1) is 0 Å². The van der Waals surface area contributed by atoms with Gasteiger partial charge in [0.25, 0.3) is 0 Å². The van der Waals surface area contributed by atoms with E-state index in [1.165, 1.54) is 6.42 Å². The third kappa shape index (κ3) is 6.42. The van der Waals surface area contributed by atoms with E-state index in [0.717, 1.165) is 12.8 Å². The number of rotatable bonds is 8. The molecule has 18 heavy (non-hydrogen) atoms. The van der Waals surface area contributed by atoms with Crippen molar-refractivity contribution in [3.8, 4) is 0 Å². The Bertz CT molecular complexity index is 241. The van der Waals surface area contributed by atoms with Crippen molar-refractivity contribution in [3.05, 3.63) is 0 Å². The fourth-order valence-corrected chi connectivity index (χ4v) is 1.68. The summed E-state index contributed by atoms with van der Waals surface area (Å²) in [5.41, 5.74) is -0.348. The molecule has 0 aliphatic carbocycles. The highest BCUT2D eigenvalue weighted by Crippen LogP contribution is 2.24. The lowest BCUT2D eigenvalue weighted by atomic mass is 9.88. The number of carbonyl (C=O) groups excluding carboxylic acids is 1. The quantitative estimate of drug-likeness (QED) is 0.590. The first kappa shape index (κ1) is 17.5. The molecule has 0 rings (SSSR count). The zero-order valence-electron chi connectivity index (χ0n) is 13.4. The molecule has 0 bridgehead atoms. The van der Waals surface area contributed by atoms with Crippen molar-refractivity contribution in [1.82, 2.24) is 0 Å². The Balaban J connectivity index is 4.23. The van der Waals surface area contributed by atoms with E-state index >= 15 is 0 Å². The molecule has 0 radical (unpaired) electrons. The second-order valence-electron chi connectivity index (χ2n) is 6.81. The summed E-state index contributed by atoms with van der Waals surface area (Å²) in [4.78, 5) is 11.9. The molecule has 1 unspecified atom stereocenters. The third-order valence-electron chi connectivity index (χ3n) is 3.92. The molecule has 0 fully saturated rings. The first-order valence-electron chi connectivity index (χ1n) is 7.38. The molecular weight excluding hydrogens is 224 g/mol. The highest BCUT2D eigenvalue weighted by atomic mass is 16.5. The molecule has 0 amide bonds. The molecule has 0 heterocycles. The SMILES string of the molecule is CCC(C)(C)C(=O)OCC(CCC(C)C)C(C)C. The van der Waals surface area contributed by atoms with Gasteiger partial charge in [-0.3, -0.25) is 4.79 Å². The van der Waals surface area contributed by atoms with Crippen molar-refractivity contribution in [3.63, 3.8) is 0 Å². The summed E-state index contributed by atoms with van der Waals surface area (Å²) >= 11 is 0. The summed E-state index contributed by atoms with van der Waals surface area (Å²) in [6.45, 7) is 15.4. The van der Waals surface area contributed by atoms with Crippen LogP contribution in [0.15, 0.2) is 0 Å². The van der Waals surface area contributed by atoms with E-state index in [2.05, 4.69) is 27.7 Å². The summed E-state index contributed by atoms with van der Waals surface area (Å²) in [5, 5.41) is 0. The average Bonchev–Trinajstić information content (AvgIpc) is 2.27. The van der Waals surface area contributed by atoms with Crippen LogP contribution in [0.1, 0.15) is 67.7 Å². The smallest absolute Gasteiger partial charge is 0.311 e. The zero-order chi connectivity index (χ0) is 14.3. The third-order valence-corrected chi connectivity index (χ3v) is 3.92. The van der Waals surface area contributed by atoms with Gasteiger partial charge in [-0.25, -0.2) is 0 Å². The van der Waals surface area contributed by atoms with Crippen LogP contribution in [-0.4, -0.2) is 12.6 Å². The van der Waals surface area contributed by atoms with Crippen molar-refractivity contribution in [1.29, 1.82) is 0 Å². The molecule has 0 N–H and O–H groups in total. The van der Waals surface area contributed by atoms with Gasteiger partial charge in [0.1, 0.15) is 0 Å². The highest BCUT2D eigenvalue weighted by molar-refractivity contribution is 5.75. The fourth-order valence-electron chi connectivity index (χ4n) is 1.68. The number of hydrogen-bond donors (Lipinski definition) is 0. The minimum absolute atomic E-state index is 0.0554. The van der Waals surface area contributed by atoms with Gasteiger partial charge in [0.15, 0.2) is 0 Å². The molecule has 0 aliphatic heterocycles. The molecular formula is C16H32O2. The highest BCUT2D eigenvalue weighted by Gasteiger charge is 2.28. The number of esters is 1. The molecule has 0 spiro atoms. The topological polar surface area (TPSA) is 26.3 Å². The van der Waals surface area contributed by atoms with Crippen LogP contribution in [-0.2, 0) is 9.53 Å². The Kier molecular flexibility index (Phi) is 7.58. The molecule has 0 aromatic rings. The van der Waals surface area contributed by atoms with Crippen molar-refractivity contribution in [2.24, 2.45) is 23.2 Å². The maximum Gasteiger partial charge on any atom is 0.311 e. The van der Waals surface area contributed by atoms with Crippen LogP contribution in [0, 0.1) is 23.2 Å². The van der Waals surface area contributed by atoms with Gasteiger partial charge in [-0.1, -0.05) is 41.0 Å². The standard InChI is InChI=1S/C16H32O2/c1-8-16(6,7)15(17)18-11-14(13(4)5)10-9-12(2)3/h12-14H,8-11H2,1-7H3. The second-order valence-corrected chi connectivity index (χ2v) is 6.81. The van der Waals surface area contributed by atoms with E-state index < -0.39 is 0 Å². The number of ether oxygens (including phenoxy) is 1. The number of carbonyl (C=O) groups is 1. The van der Waals surface area contributed by atoms with Crippen molar-refractivity contribution in [2.45, 2.75) is 67.7 Å². The normalized spacial score (nSPS) is 14.1. The largest absolute Gasteiger partial charge is 0.465 e. The first-order chi connectivity index (χ1) is 8.20. The summed E-state index contributed by atoms with van der Waals surface area (Å²) in [6, 6.07) is 0. The average molecular weight is 256 g/mol. The van der Waals surface area contributed by atoms with E-state index in [9.17, 15) is 4.79 Å². The van der Waals surface area contributed by atoms with Crippen LogP contribution in [0.3, 0.4) is 0 Å². The molecule has 0 saturated carbocycles. The summed E-state index contributed by atoms with van der Waals surface area (Å²) in [7, 11) is 0. The van der Waals surface area contributed by atoms with Gasteiger partial charge in [0.2, 0.25) is 0 Å². The van der Waals surface area contributed by atoms with E-state index in [0.29, 0.717) is 24.4 Å². The minimum atomic E-state index is -0.348. The van der Waals surface area contributed by atoms with E-state index in [1.807, 2.05) is 20.8 Å². The Morgan fingerprint density at radius 1 is 1.11 bits per heavy atom. The van der Waals surface area contributed by atoms with Crippen LogP contribution in [0.2, 0.25) is 0 Å². The molecule has 1 atom stereocenters. The van der Waals surface area contributed by atoms with Gasteiger partial charge >= 0.3 is 5.97 Å². The summed E-state index contributed by atoms with van der Waals surface area (Å²) in [5.74, 6) is 1.72. The predicted molar refractivity (Wildman–Crippen MR) is 77.4 cm³/mol. The van der Waals surface area contributed by atoms with Crippen LogP contribution in [0.5, 0.6) is 0 Å².